The van der Waals surface area contributed by atoms with Gasteiger partial charge in [0.1, 0.15) is 29.9 Å². The first-order valence-corrected chi connectivity index (χ1v) is 7.02. The number of fused-ring (bicyclic) bond motifs is 1. The van der Waals surface area contributed by atoms with Crippen molar-refractivity contribution >= 4 is 11.6 Å². The second-order valence-electron chi connectivity index (χ2n) is 5.17. The van der Waals surface area contributed by atoms with Crippen molar-refractivity contribution in [2.24, 2.45) is 0 Å². The topological polar surface area (TPSA) is 75.3 Å². The first-order chi connectivity index (χ1) is 11.0. The van der Waals surface area contributed by atoms with Gasteiger partial charge in [0.05, 0.1) is 5.56 Å². The summed E-state index contributed by atoms with van der Waals surface area (Å²) in [6, 6.07) is 3.47. The Morgan fingerprint density at radius 3 is 2.65 bits per heavy atom. The average Bonchev–Trinajstić information content (AvgIpc) is 2.95. The molecule has 0 aliphatic carbocycles. The lowest BCUT2D eigenvalue weighted by molar-refractivity contribution is 0.181. The second kappa shape index (κ2) is 5.88. The number of anilines is 1. The van der Waals surface area contributed by atoms with Gasteiger partial charge in [-0.25, -0.2) is 13.8 Å². The Morgan fingerprint density at radius 1 is 1.26 bits per heavy atom. The maximum atomic E-state index is 13.7. The highest BCUT2D eigenvalue weighted by Gasteiger charge is 2.19. The molecule has 1 unspecified atom stereocenters. The molecule has 8 heteroatoms. The van der Waals surface area contributed by atoms with Crippen LogP contribution in [0.1, 0.15) is 22.9 Å². The minimum absolute atomic E-state index is 0.0862. The predicted octanol–water partition coefficient (Wildman–Crippen LogP) is 2.16. The number of nitrogens with one attached hydrogen (secondary N) is 1. The molecule has 0 fully saturated rings. The molecule has 0 aliphatic rings. The fraction of sp³-hybridized carbons (Fsp3) is 0.267. The van der Waals surface area contributed by atoms with Crippen LogP contribution in [-0.2, 0) is 0 Å². The smallest absolute Gasteiger partial charge is 0.254 e. The van der Waals surface area contributed by atoms with E-state index in [-0.39, 0.29) is 12.1 Å². The summed E-state index contributed by atoms with van der Waals surface area (Å²) in [6.07, 6.45) is 0.0157. The fourth-order valence-corrected chi connectivity index (χ4v) is 2.37. The summed E-state index contributed by atoms with van der Waals surface area (Å²) >= 11 is 0. The third kappa shape index (κ3) is 2.72. The van der Waals surface area contributed by atoms with Crippen molar-refractivity contribution in [1.29, 1.82) is 0 Å². The van der Waals surface area contributed by atoms with E-state index in [9.17, 15) is 13.9 Å². The Morgan fingerprint density at radius 2 is 1.96 bits per heavy atom. The molecule has 0 spiro atoms. The number of nitrogens with zero attached hydrogens (tertiary/aromatic N) is 4. The predicted molar refractivity (Wildman–Crippen MR) is 80.1 cm³/mol. The molecule has 23 heavy (non-hydrogen) atoms. The second-order valence-corrected chi connectivity index (χ2v) is 5.17. The zero-order valence-corrected chi connectivity index (χ0v) is 12.6. The standard InChI is InChI=1S/C15H15F2N5O/c1-8-9(2)21-15-19-7-20-22(15)14(8)18-6-12(23)13-10(16)4-3-5-11(13)17/h3-5,7,12,18,23H,6H2,1-2H3. The normalized spacial score (nSPS) is 12.6. The van der Waals surface area contributed by atoms with Crippen LogP contribution >= 0.6 is 0 Å². The van der Waals surface area contributed by atoms with Gasteiger partial charge in [-0.2, -0.15) is 14.6 Å². The van der Waals surface area contributed by atoms with Crippen LogP contribution in [0.3, 0.4) is 0 Å². The summed E-state index contributed by atoms with van der Waals surface area (Å²) < 4.78 is 28.9. The van der Waals surface area contributed by atoms with Crippen LogP contribution < -0.4 is 5.32 Å². The van der Waals surface area contributed by atoms with Crippen LogP contribution in [-0.4, -0.2) is 31.2 Å². The number of rotatable bonds is 4. The van der Waals surface area contributed by atoms with E-state index in [0.29, 0.717) is 11.6 Å². The van der Waals surface area contributed by atoms with Crippen molar-refractivity contribution in [3.63, 3.8) is 0 Å². The number of halogens is 2. The third-order valence-electron chi connectivity index (χ3n) is 3.70. The molecular formula is C15H15F2N5O. The first-order valence-electron chi connectivity index (χ1n) is 7.02. The zero-order valence-electron chi connectivity index (χ0n) is 12.6. The molecule has 3 rings (SSSR count). The van der Waals surface area contributed by atoms with Gasteiger partial charge in [-0.3, -0.25) is 0 Å². The van der Waals surface area contributed by atoms with E-state index in [2.05, 4.69) is 20.4 Å². The number of hydrogen-bond donors (Lipinski definition) is 2. The molecule has 2 N–H and O–H groups in total. The molecule has 2 heterocycles. The van der Waals surface area contributed by atoms with Gasteiger partial charge in [-0.1, -0.05) is 6.07 Å². The van der Waals surface area contributed by atoms with Crippen LogP contribution in [0.2, 0.25) is 0 Å². The van der Waals surface area contributed by atoms with E-state index in [1.54, 1.807) is 0 Å². The highest BCUT2D eigenvalue weighted by atomic mass is 19.1. The summed E-state index contributed by atoms with van der Waals surface area (Å²) in [6.45, 7) is 3.57. The molecule has 0 saturated carbocycles. The lowest BCUT2D eigenvalue weighted by atomic mass is 10.1. The first kappa shape index (κ1) is 15.3. The number of aryl methyl sites for hydroxylation is 1. The van der Waals surface area contributed by atoms with E-state index in [1.165, 1.54) is 16.9 Å². The van der Waals surface area contributed by atoms with Crippen LogP contribution in [0.4, 0.5) is 14.6 Å². The molecule has 1 aromatic carbocycles. The SMILES string of the molecule is Cc1nc2ncnn2c(NCC(O)c2c(F)cccc2F)c1C. The van der Waals surface area contributed by atoms with Gasteiger partial charge < -0.3 is 10.4 Å². The molecular weight excluding hydrogens is 304 g/mol. The molecule has 0 bridgehead atoms. The molecule has 0 radical (unpaired) electrons. The Labute approximate surface area is 130 Å². The van der Waals surface area contributed by atoms with Crippen molar-refractivity contribution in [2.75, 3.05) is 11.9 Å². The van der Waals surface area contributed by atoms with Crippen LogP contribution in [0, 0.1) is 25.5 Å². The minimum atomic E-state index is -1.34. The molecule has 1 atom stereocenters. The molecule has 0 amide bonds. The zero-order chi connectivity index (χ0) is 16.6. The Kier molecular flexibility index (Phi) is 3.91. The van der Waals surface area contributed by atoms with E-state index in [4.69, 9.17) is 0 Å². The summed E-state index contributed by atoms with van der Waals surface area (Å²) in [7, 11) is 0. The van der Waals surface area contributed by atoms with Crippen LogP contribution in [0.15, 0.2) is 24.5 Å². The molecule has 0 aliphatic heterocycles. The third-order valence-corrected chi connectivity index (χ3v) is 3.70. The lowest BCUT2D eigenvalue weighted by Crippen LogP contribution is -2.18. The van der Waals surface area contributed by atoms with E-state index in [1.807, 2.05) is 13.8 Å². The summed E-state index contributed by atoms with van der Waals surface area (Å²) in [5.74, 6) is -0.594. The van der Waals surface area contributed by atoms with Crippen molar-refractivity contribution in [2.45, 2.75) is 20.0 Å². The Balaban J connectivity index is 1.89. The van der Waals surface area contributed by atoms with Gasteiger partial charge >= 0.3 is 0 Å². The molecule has 2 aromatic heterocycles. The fourth-order valence-electron chi connectivity index (χ4n) is 2.37. The quantitative estimate of drug-likeness (QED) is 0.771. The summed E-state index contributed by atoms with van der Waals surface area (Å²) in [4.78, 5) is 8.29. The highest BCUT2D eigenvalue weighted by molar-refractivity contribution is 5.52. The van der Waals surface area contributed by atoms with E-state index in [0.717, 1.165) is 23.4 Å². The Bertz CT molecular complexity index is 844. The number of hydrogen-bond acceptors (Lipinski definition) is 5. The Hall–Kier alpha value is -2.61. The number of aliphatic hydroxyl groups is 1. The van der Waals surface area contributed by atoms with Gasteiger partial charge in [0.15, 0.2) is 0 Å². The molecule has 0 saturated heterocycles. The van der Waals surface area contributed by atoms with Crippen molar-refractivity contribution in [3.05, 3.63) is 53.0 Å². The average molecular weight is 319 g/mol. The van der Waals surface area contributed by atoms with E-state index >= 15 is 0 Å². The largest absolute Gasteiger partial charge is 0.386 e. The van der Waals surface area contributed by atoms with Gasteiger partial charge in [0.2, 0.25) is 0 Å². The number of aromatic nitrogens is 4. The van der Waals surface area contributed by atoms with Crippen molar-refractivity contribution < 1.29 is 13.9 Å². The van der Waals surface area contributed by atoms with Crippen molar-refractivity contribution in [1.82, 2.24) is 19.6 Å². The number of benzene rings is 1. The lowest BCUT2D eigenvalue weighted by Gasteiger charge is -2.17. The van der Waals surface area contributed by atoms with E-state index < -0.39 is 17.7 Å². The van der Waals surface area contributed by atoms with Crippen molar-refractivity contribution in [3.8, 4) is 0 Å². The molecule has 6 nitrogen and oxygen atoms in total. The minimum Gasteiger partial charge on any atom is -0.386 e. The number of aliphatic hydroxyl groups excluding tert-OH is 1. The summed E-state index contributed by atoms with van der Waals surface area (Å²) in [5.41, 5.74) is 1.20. The maximum absolute atomic E-state index is 13.7. The molecule has 3 aromatic rings. The molecule has 120 valence electrons. The van der Waals surface area contributed by atoms with Gasteiger partial charge in [-0.15, -0.1) is 0 Å². The highest BCUT2D eigenvalue weighted by Crippen LogP contribution is 2.23. The summed E-state index contributed by atoms with van der Waals surface area (Å²) in [5, 5.41) is 17.2. The van der Waals surface area contributed by atoms with Gasteiger partial charge in [-0.05, 0) is 26.0 Å². The van der Waals surface area contributed by atoms with Crippen LogP contribution in [0.25, 0.3) is 5.78 Å². The maximum Gasteiger partial charge on any atom is 0.254 e. The monoisotopic (exact) mass is 319 g/mol. The van der Waals surface area contributed by atoms with Crippen LogP contribution in [0.5, 0.6) is 0 Å². The van der Waals surface area contributed by atoms with Gasteiger partial charge in [0, 0.05) is 17.8 Å². The van der Waals surface area contributed by atoms with Gasteiger partial charge in [0.25, 0.3) is 5.78 Å².